The normalized spacial score (nSPS) is 25.0. The van der Waals surface area contributed by atoms with Crippen molar-refractivity contribution in [1.82, 2.24) is 5.32 Å². The zero-order chi connectivity index (χ0) is 13.7. The summed E-state index contributed by atoms with van der Waals surface area (Å²) in [4.78, 5) is 0. The van der Waals surface area contributed by atoms with Gasteiger partial charge in [-0.15, -0.1) is 0 Å². The Labute approximate surface area is 117 Å². The third-order valence-corrected chi connectivity index (χ3v) is 4.45. The lowest BCUT2D eigenvalue weighted by Crippen LogP contribution is -2.35. The second kappa shape index (κ2) is 6.95. The highest BCUT2D eigenvalue weighted by Gasteiger charge is 2.22. The minimum Gasteiger partial charge on any atom is -0.496 e. The van der Waals surface area contributed by atoms with Crippen LogP contribution in [0.4, 0.5) is 0 Å². The highest BCUT2D eigenvalue weighted by atomic mass is 16.5. The molecule has 0 aromatic heterocycles. The number of hydrogen-bond donors (Lipinski definition) is 1. The lowest BCUT2D eigenvalue weighted by Gasteiger charge is -2.32. The van der Waals surface area contributed by atoms with Gasteiger partial charge in [-0.2, -0.15) is 0 Å². The Bertz CT molecular complexity index is 391. The molecule has 2 unspecified atom stereocenters. The van der Waals surface area contributed by atoms with Crippen LogP contribution in [-0.2, 0) is 0 Å². The molecule has 2 heteroatoms. The quantitative estimate of drug-likeness (QED) is 0.852. The second-order valence-electron chi connectivity index (χ2n) is 5.77. The Balaban J connectivity index is 1.98. The predicted octanol–water partition coefficient (Wildman–Crippen LogP) is 4.31. The van der Waals surface area contributed by atoms with E-state index in [1.165, 1.54) is 37.7 Å². The maximum Gasteiger partial charge on any atom is 0.123 e. The summed E-state index contributed by atoms with van der Waals surface area (Å²) < 4.78 is 5.46. The molecule has 2 nitrogen and oxygen atoms in total. The SMILES string of the molecule is CCC1CCCC(N[C@H](C)c2ccccc2OC)C1. The fourth-order valence-electron chi connectivity index (χ4n) is 3.28. The highest BCUT2D eigenvalue weighted by Crippen LogP contribution is 2.30. The first-order chi connectivity index (χ1) is 9.24. The fraction of sp³-hybridized carbons (Fsp3) is 0.647. The summed E-state index contributed by atoms with van der Waals surface area (Å²) in [5, 5.41) is 3.79. The van der Waals surface area contributed by atoms with E-state index in [9.17, 15) is 0 Å². The van der Waals surface area contributed by atoms with Crippen LogP contribution < -0.4 is 10.1 Å². The van der Waals surface area contributed by atoms with Crippen LogP contribution in [0.2, 0.25) is 0 Å². The first-order valence-electron chi connectivity index (χ1n) is 7.63. The van der Waals surface area contributed by atoms with E-state index in [1.807, 2.05) is 12.1 Å². The van der Waals surface area contributed by atoms with Crippen LogP contribution in [0, 0.1) is 5.92 Å². The number of benzene rings is 1. The van der Waals surface area contributed by atoms with Crippen LogP contribution in [0.25, 0.3) is 0 Å². The van der Waals surface area contributed by atoms with Gasteiger partial charge in [0.1, 0.15) is 5.75 Å². The van der Waals surface area contributed by atoms with Crippen molar-refractivity contribution >= 4 is 0 Å². The van der Waals surface area contributed by atoms with Crippen LogP contribution in [-0.4, -0.2) is 13.2 Å². The van der Waals surface area contributed by atoms with E-state index in [4.69, 9.17) is 4.74 Å². The van der Waals surface area contributed by atoms with Crippen molar-refractivity contribution in [2.75, 3.05) is 7.11 Å². The Morgan fingerprint density at radius 2 is 2.11 bits per heavy atom. The predicted molar refractivity (Wildman–Crippen MR) is 80.6 cm³/mol. The van der Waals surface area contributed by atoms with Crippen LogP contribution in [0.1, 0.15) is 57.6 Å². The van der Waals surface area contributed by atoms with Gasteiger partial charge in [-0.25, -0.2) is 0 Å². The molecule has 0 heterocycles. The molecule has 19 heavy (non-hydrogen) atoms. The van der Waals surface area contributed by atoms with Gasteiger partial charge in [0.25, 0.3) is 0 Å². The monoisotopic (exact) mass is 261 g/mol. The van der Waals surface area contributed by atoms with Gasteiger partial charge >= 0.3 is 0 Å². The largest absolute Gasteiger partial charge is 0.496 e. The standard InChI is InChI=1S/C17H27NO/c1-4-14-8-7-9-15(12-14)18-13(2)16-10-5-6-11-17(16)19-3/h5-6,10-11,13-15,18H,4,7-9,12H2,1-3H3/t13-,14?,15?/m1/s1. The fourth-order valence-corrected chi connectivity index (χ4v) is 3.28. The van der Waals surface area contributed by atoms with Gasteiger partial charge in [0.05, 0.1) is 7.11 Å². The maximum atomic E-state index is 5.46. The van der Waals surface area contributed by atoms with Crippen molar-refractivity contribution in [3.8, 4) is 5.75 Å². The molecular formula is C17H27NO. The molecule has 1 aliphatic rings. The lowest BCUT2D eigenvalue weighted by atomic mass is 9.84. The number of hydrogen-bond acceptors (Lipinski definition) is 2. The molecule has 1 fully saturated rings. The molecule has 1 saturated carbocycles. The minimum absolute atomic E-state index is 0.358. The van der Waals surface area contributed by atoms with Gasteiger partial charge in [-0.3, -0.25) is 0 Å². The summed E-state index contributed by atoms with van der Waals surface area (Å²) in [7, 11) is 1.75. The van der Waals surface area contributed by atoms with Gasteiger partial charge in [0, 0.05) is 17.6 Å². The molecule has 1 aromatic rings. The van der Waals surface area contributed by atoms with Gasteiger partial charge in [0.2, 0.25) is 0 Å². The molecule has 0 spiro atoms. The molecule has 0 aliphatic heterocycles. The van der Waals surface area contributed by atoms with Crippen molar-refractivity contribution in [1.29, 1.82) is 0 Å². The van der Waals surface area contributed by atoms with Gasteiger partial charge in [0.15, 0.2) is 0 Å². The van der Waals surface area contributed by atoms with Crippen molar-refractivity contribution < 1.29 is 4.74 Å². The summed E-state index contributed by atoms with van der Waals surface area (Å²) in [6, 6.07) is 9.35. The number of rotatable bonds is 5. The van der Waals surface area contributed by atoms with Gasteiger partial charge < -0.3 is 10.1 Å². The Morgan fingerprint density at radius 3 is 2.84 bits per heavy atom. The number of nitrogens with one attached hydrogen (secondary N) is 1. The van der Waals surface area contributed by atoms with E-state index in [0.717, 1.165) is 11.7 Å². The number of ether oxygens (including phenoxy) is 1. The zero-order valence-corrected chi connectivity index (χ0v) is 12.5. The van der Waals surface area contributed by atoms with E-state index >= 15 is 0 Å². The topological polar surface area (TPSA) is 21.3 Å². The smallest absolute Gasteiger partial charge is 0.123 e. The first kappa shape index (κ1) is 14.4. The molecule has 106 valence electrons. The molecule has 1 aromatic carbocycles. The van der Waals surface area contributed by atoms with E-state index in [0.29, 0.717) is 12.1 Å². The molecule has 1 aliphatic carbocycles. The minimum atomic E-state index is 0.358. The second-order valence-corrected chi connectivity index (χ2v) is 5.77. The van der Waals surface area contributed by atoms with Gasteiger partial charge in [-0.1, -0.05) is 44.4 Å². The summed E-state index contributed by atoms with van der Waals surface area (Å²) >= 11 is 0. The maximum absolute atomic E-state index is 5.46. The average Bonchev–Trinajstić information content (AvgIpc) is 2.47. The molecule has 2 rings (SSSR count). The van der Waals surface area contributed by atoms with Crippen LogP contribution in [0.3, 0.4) is 0 Å². The molecule has 0 saturated heterocycles. The molecule has 3 atom stereocenters. The average molecular weight is 261 g/mol. The highest BCUT2D eigenvalue weighted by molar-refractivity contribution is 5.35. The Morgan fingerprint density at radius 1 is 1.32 bits per heavy atom. The molecule has 0 bridgehead atoms. The third kappa shape index (κ3) is 3.73. The van der Waals surface area contributed by atoms with Crippen LogP contribution >= 0.6 is 0 Å². The molecular weight excluding hydrogens is 234 g/mol. The van der Waals surface area contributed by atoms with Crippen LogP contribution in [0.5, 0.6) is 5.75 Å². The van der Waals surface area contributed by atoms with Gasteiger partial charge in [-0.05, 0) is 31.7 Å². The Hall–Kier alpha value is -1.02. The Kier molecular flexibility index (Phi) is 5.26. The summed E-state index contributed by atoms with van der Waals surface area (Å²) in [5.74, 6) is 1.90. The van der Waals surface area contributed by atoms with Crippen LogP contribution in [0.15, 0.2) is 24.3 Å². The van der Waals surface area contributed by atoms with Crippen molar-refractivity contribution in [3.63, 3.8) is 0 Å². The van der Waals surface area contributed by atoms with Crippen molar-refractivity contribution in [2.45, 2.75) is 58.0 Å². The molecule has 1 N–H and O–H groups in total. The van der Waals surface area contributed by atoms with Crippen molar-refractivity contribution in [3.05, 3.63) is 29.8 Å². The van der Waals surface area contributed by atoms with E-state index < -0.39 is 0 Å². The zero-order valence-electron chi connectivity index (χ0n) is 12.5. The lowest BCUT2D eigenvalue weighted by molar-refractivity contribution is 0.264. The van der Waals surface area contributed by atoms with E-state index in [1.54, 1.807) is 7.11 Å². The molecule has 0 amide bonds. The number of para-hydroxylation sites is 1. The third-order valence-electron chi connectivity index (χ3n) is 4.45. The number of methoxy groups -OCH3 is 1. The first-order valence-corrected chi connectivity index (χ1v) is 7.63. The van der Waals surface area contributed by atoms with Crippen molar-refractivity contribution in [2.24, 2.45) is 5.92 Å². The summed E-state index contributed by atoms with van der Waals surface area (Å²) in [5.41, 5.74) is 1.27. The van der Waals surface area contributed by atoms with E-state index in [2.05, 4.69) is 31.3 Å². The summed E-state index contributed by atoms with van der Waals surface area (Å²) in [6.45, 7) is 4.56. The van der Waals surface area contributed by atoms with E-state index in [-0.39, 0.29) is 0 Å². The summed E-state index contributed by atoms with van der Waals surface area (Å²) in [6.07, 6.45) is 6.75. The molecule has 0 radical (unpaired) electrons.